The quantitative estimate of drug-likeness (QED) is 0.480. The summed E-state index contributed by atoms with van der Waals surface area (Å²) in [5.41, 5.74) is 13.1. The van der Waals surface area contributed by atoms with Gasteiger partial charge in [0.1, 0.15) is 5.82 Å². The van der Waals surface area contributed by atoms with Gasteiger partial charge in [-0.3, -0.25) is 9.78 Å². The van der Waals surface area contributed by atoms with Gasteiger partial charge in [-0.2, -0.15) is 0 Å². The number of nitrogens with zero attached hydrogens (tertiary/aromatic N) is 5. The van der Waals surface area contributed by atoms with Crippen LogP contribution in [-0.2, 0) is 0 Å². The highest BCUT2D eigenvalue weighted by molar-refractivity contribution is 5.96. The highest BCUT2D eigenvalue weighted by atomic mass is 16.1. The smallest absolute Gasteiger partial charge is 0.271 e. The van der Waals surface area contributed by atoms with E-state index in [9.17, 15) is 4.79 Å². The summed E-state index contributed by atoms with van der Waals surface area (Å²) in [5, 5.41) is 6.42. The molecule has 0 aliphatic heterocycles. The van der Waals surface area contributed by atoms with E-state index in [1.165, 1.54) is 6.20 Å². The predicted octanol–water partition coefficient (Wildman–Crippen LogP) is 1.85. The predicted molar refractivity (Wildman–Crippen MR) is 113 cm³/mol. The Morgan fingerprint density at radius 1 is 1.07 bits per heavy atom. The Balaban J connectivity index is 1.60. The van der Waals surface area contributed by atoms with Gasteiger partial charge in [0.2, 0.25) is 0 Å². The largest absolute Gasteiger partial charge is 0.364 e. The Morgan fingerprint density at radius 3 is 2.63 bits per heavy atom. The molecule has 6 N–H and O–H groups in total. The number of hydrogen-bond acceptors (Lipinski definition) is 9. The normalized spacial score (nSPS) is 18.6. The summed E-state index contributed by atoms with van der Waals surface area (Å²) in [7, 11) is 0. The van der Waals surface area contributed by atoms with Gasteiger partial charge in [0.15, 0.2) is 17.3 Å². The minimum absolute atomic E-state index is 0.0369. The molecule has 10 nitrogen and oxygen atoms in total. The van der Waals surface area contributed by atoms with Crippen LogP contribution in [-0.4, -0.2) is 42.9 Å². The van der Waals surface area contributed by atoms with Crippen molar-refractivity contribution in [2.45, 2.75) is 37.8 Å². The summed E-state index contributed by atoms with van der Waals surface area (Å²) in [6.07, 6.45) is 12.3. The van der Waals surface area contributed by atoms with Crippen LogP contribution in [0.1, 0.15) is 36.2 Å². The number of rotatable bonds is 6. The van der Waals surface area contributed by atoms with Gasteiger partial charge < -0.3 is 22.1 Å². The number of hydrogen-bond donors (Lipinski definition) is 4. The maximum Gasteiger partial charge on any atom is 0.271 e. The fraction of sp³-hybridized carbons (Fsp3) is 0.300. The van der Waals surface area contributed by atoms with Crippen molar-refractivity contribution in [3.8, 4) is 11.4 Å². The van der Waals surface area contributed by atoms with Crippen molar-refractivity contribution < 1.29 is 4.79 Å². The summed E-state index contributed by atoms with van der Waals surface area (Å²) < 4.78 is 0. The van der Waals surface area contributed by atoms with E-state index in [2.05, 4.69) is 35.6 Å². The van der Waals surface area contributed by atoms with E-state index < -0.39 is 5.91 Å². The SMILES string of the molecule is NC(=O)c1ncc(NC2CCCCC2N)nc1Nc1cncc(-c2ncccn2)c1. The third-order valence-corrected chi connectivity index (χ3v) is 4.98. The molecule has 0 bridgehead atoms. The highest BCUT2D eigenvalue weighted by Crippen LogP contribution is 2.24. The maximum atomic E-state index is 11.9. The van der Waals surface area contributed by atoms with Crippen LogP contribution >= 0.6 is 0 Å². The average Bonchev–Trinajstić information content (AvgIpc) is 2.76. The number of anilines is 3. The Morgan fingerprint density at radius 2 is 1.87 bits per heavy atom. The second-order valence-electron chi connectivity index (χ2n) is 7.18. The summed E-state index contributed by atoms with van der Waals surface area (Å²) in [6.45, 7) is 0. The molecule has 0 spiro atoms. The molecule has 3 aromatic heterocycles. The van der Waals surface area contributed by atoms with Gasteiger partial charge in [-0.05, 0) is 25.0 Å². The minimum Gasteiger partial charge on any atom is -0.364 e. The number of nitrogens with two attached hydrogens (primary N) is 2. The zero-order valence-corrected chi connectivity index (χ0v) is 16.3. The van der Waals surface area contributed by atoms with Gasteiger partial charge >= 0.3 is 0 Å². The lowest BCUT2D eigenvalue weighted by Crippen LogP contribution is -2.42. The van der Waals surface area contributed by atoms with Gasteiger partial charge in [0, 0.05) is 36.2 Å². The molecule has 3 aromatic rings. The highest BCUT2D eigenvalue weighted by Gasteiger charge is 2.23. The van der Waals surface area contributed by atoms with Crippen LogP contribution in [0, 0.1) is 0 Å². The molecule has 10 heteroatoms. The van der Waals surface area contributed by atoms with Crippen molar-refractivity contribution in [2.75, 3.05) is 10.6 Å². The molecular weight excluding hydrogens is 382 g/mol. The molecule has 3 heterocycles. The third kappa shape index (κ3) is 4.49. The van der Waals surface area contributed by atoms with E-state index in [-0.39, 0.29) is 23.6 Å². The lowest BCUT2D eigenvalue weighted by atomic mass is 9.91. The van der Waals surface area contributed by atoms with E-state index in [0.29, 0.717) is 17.3 Å². The number of primary amides is 1. The molecule has 1 amide bonds. The number of carbonyl (C=O) groups is 1. The summed E-state index contributed by atoms with van der Waals surface area (Å²) in [5.74, 6) is 0.628. The van der Waals surface area contributed by atoms with Gasteiger partial charge in [0.05, 0.1) is 18.1 Å². The lowest BCUT2D eigenvalue weighted by molar-refractivity contribution is 0.0996. The Kier molecular flexibility index (Phi) is 5.75. The molecule has 0 saturated heterocycles. The van der Waals surface area contributed by atoms with Gasteiger partial charge in [-0.15, -0.1) is 0 Å². The van der Waals surface area contributed by atoms with Crippen molar-refractivity contribution in [3.63, 3.8) is 0 Å². The van der Waals surface area contributed by atoms with Crippen LogP contribution < -0.4 is 22.1 Å². The standard InChI is InChI=1S/C20H23N9O/c21-14-4-1-2-5-15(14)28-16-11-26-17(18(22)30)20(29-16)27-13-8-12(9-23-10-13)19-24-6-3-7-25-19/h3,6-11,14-15H,1-2,4-5,21H2,(H2,22,30)(H2,27,28,29). The fourth-order valence-electron chi connectivity index (χ4n) is 3.47. The van der Waals surface area contributed by atoms with Crippen molar-refractivity contribution in [1.82, 2.24) is 24.9 Å². The molecule has 1 fully saturated rings. The van der Waals surface area contributed by atoms with Crippen LogP contribution in [0.15, 0.2) is 43.1 Å². The van der Waals surface area contributed by atoms with Crippen LogP contribution in [0.25, 0.3) is 11.4 Å². The zero-order chi connectivity index (χ0) is 20.9. The second-order valence-corrected chi connectivity index (χ2v) is 7.18. The topological polar surface area (TPSA) is 158 Å². The van der Waals surface area contributed by atoms with Gasteiger partial charge in [0.25, 0.3) is 5.91 Å². The van der Waals surface area contributed by atoms with Crippen molar-refractivity contribution >= 4 is 23.2 Å². The molecular formula is C20H23N9O. The lowest BCUT2D eigenvalue weighted by Gasteiger charge is -2.29. The molecule has 0 radical (unpaired) electrons. The molecule has 154 valence electrons. The minimum atomic E-state index is -0.679. The maximum absolute atomic E-state index is 11.9. The van der Waals surface area contributed by atoms with Crippen LogP contribution in [0.5, 0.6) is 0 Å². The van der Waals surface area contributed by atoms with E-state index in [1.54, 1.807) is 30.9 Å². The van der Waals surface area contributed by atoms with Crippen LogP contribution in [0.3, 0.4) is 0 Å². The second kappa shape index (κ2) is 8.78. The van der Waals surface area contributed by atoms with Crippen LogP contribution in [0.2, 0.25) is 0 Å². The third-order valence-electron chi connectivity index (χ3n) is 4.98. The number of nitrogens with one attached hydrogen (secondary N) is 2. The molecule has 2 unspecified atom stereocenters. The van der Waals surface area contributed by atoms with Crippen LogP contribution in [0.4, 0.5) is 17.3 Å². The Labute approximate surface area is 173 Å². The first-order chi connectivity index (χ1) is 14.6. The molecule has 1 aliphatic rings. The van der Waals surface area contributed by atoms with Gasteiger partial charge in [-0.25, -0.2) is 19.9 Å². The number of aromatic nitrogens is 5. The van der Waals surface area contributed by atoms with E-state index in [0.717, 1.165) is 31.2 Å². The Bertz CT molecular complexity index is 1030. The van der Waals surface area contributed by atoms with Crippen molar-refractivity contribution in [1.29, 1.82) is 0 Å². The summed E-state index contributed by atoms with van der Waals surface area (Å²) >= 11 is 0. The first kappa shape index (κ1) is 19.6. The first-order valence-electron chi connectivity index (χ1n) is 9.78. The Hall–Kier alpha value is -3.66. The number of carbonyl (C=O) groups excluding carboxylic acids is 1. The van der Waals surface area contributed by atoms with E-state index in [1.807, 2.05) is 6.07 Å². The summed E-state index contributed by atoms with van der Waals surface area (Å²) in [6, 6.07) is 3.72. The first-order valence-corrected chi connectivity index (χ1v) is 9.78. The molecule has 0 aromatic carbocycles. The van der Waals surface area contributed by atoms with Crippen molar-refractivity contribution in [2.24, 2.45) is 11.5 Å². The molecule has 1 aliphatic carbocycles. The number of amides is 1. The van der Waals surface area contributed by atoms with E-state index >= 15 is 0 Å². The monoisotopic (exact) mass is 405 g/mol. The number of pyridine rings is 1. The summed E-state index contributed by atoms with van der Waals surface area (Å²) in [4.78, 5) is 33.2. The zero-order valence-electron chi connectivity index (χ0n) is 16.3. The molecule has 2 atom stereocenters. The van der Waals surface area contributed by atoms with Crippen molar-refractivity contribution in [3.05, 3.63) is 48.8 Å². The van der Waals surface area contributed by atoms with E-state index in [4.69, 9.17) is 11.5 Å². The van der Waals surface area contributed by atoms with Gasteiger partial charge in [-0.1, -0.05) is 12.8 Å². The molecule has 1 saturated carbocycles. The fourth-order valence-corrected chi connectivity index (χ4v) is 3.47. The average molecular weight is 405 g/mol. The molecule has 4 rings (SSSR count). The molecule has 30 heavy (non-hydrogen) atoms.